The Labute approximate surface area is 161 Å². The van der Waals surface area contributed by atoms with Crippen LogP contribution in [0.2, 0.25) is 0 Å². The van der Waals surface area contributed by atoms with Crippen LogP contribution < -0.4 is 10.6 Å². The highest BCUT2D eigenvalue weighted by Crippen LogP contribution is 2.12. The second-order valence-corrected chi connectivity index (χ2v) is 8.60. The Morgan fingerprint density at radius 2 is 1.96 bits per heavy atom. The molecule has 142 valence electrons. The average Bonchev–Trinajstić information content (AvgIpc) is 3.03. The van der Waals surface area contributed by atoms with Crippen LogP contribution in [0.25, 0.3) is 0 Å². The lowest BCUT2D eigenvalue weighted by molar-refractivity contribution is 0.0940. The van der Waals surface area contributed by atoms with E-state index in [1.165, 1.54) is 0 Å². The molecule has 1 aromatic carbocycles. The molecule has 2 N–H and O–H groups in total. The minimum absolute atomic E-state index is 0. The zero-order valence-electron chi connectivity index (χ0n) is 13.9. The van der Waals surface area contributed by atoms with Gasteiger partial charge in [-0.15, -0.1) is 24.8 Å². The van der Waals surface area contributed by atoms with E-state index in [0.717, 1.165) is 25.1 Å². The molecule has 1 amide bonds. The number of nitrogens with one attached hydrogen (secondary N) is 2. The fourth-order valence-corrected chi connectivity index (χ4v) is 4.30. The molecule has 2 heterocycles. The Morgan fingerprint density at radius 1 is 1.24 bits per heavy atom. The molecule has 1 aromatic rings. The van der Waals surface area contributed by atoms with Crippen molar-refractivity contribution < 1.29 is 13.2 Å². The van der Waals surface area contributed by atoms with Crippen LogP contribution in [0.1, 0.15) is 22.3 Å². The summed E-state index contributed by atoms with van der Waals surface area (Å²) in [5, 5.41) is 6.27. The van der Waals surface area contributed by atoms with Gasteiger partial charge in [-0.2, -0.15) is 0 Å². The van der Waals surface area contributed by atoms with E-state index < -0.39 is 9.84 Å². The average molecular weight is 410 g/mol. The van der Waals surface area contributed by atoms with Crippen molar-refractivity contribution in [1.29, 1.82) is 0 Å². The van der Waals surface area contributed by atoms with Crippen molar-refractivity contribution >= 4 is 40.6 Å². The highest BCUT2D eigenvalue weighted by Gasteiger charge is 2.22. The van der Waals surface area contributed by atoms with Gasteiger partial charge in [-0.3, -0.25) is 9.69 Å². The summed E-state index contributed by atoms with van der Waals surface area (Å²) in [6.45, 7) is 3.58. The minimum atomic E-state index is -2.85. The highest BCUT2D eigenvalue weighted by atomic mass is 35.5. The molecule has 0 radical (unpaired) electrons. The third-order valence-electron chi connectivity index (χ3n) is 4.43. The number of nitrogens with zero attached hydrogens (tertiary/aromatic N) is 1. The van der Waals surface area contributed by atoms with Gasteiger partial charge in [0.15, 0.2) is 9.84 Å². The Hall–Kier alpha value is -0.860. The van der Waals surface area contributed by atoms with Gasteiger partial charge >= 0.3 is 0 Å². The first-order valence-electron chi connectivity index (χ1n) is 8.05. The molecule has 9 heteroatoms. The van der Waals surface area contributed by atoms with Crippen molar-refractivity contribution in [2.45, 2.75) is 19.0 Å². The molecule has 0 aromatic heterocycles. The normalized spacial score (nSPS) is 22.5. The first-order chi connectivity index (χ1) is 11.0. The number of rotatable bonds is 4. The van der Waals surface area contributed by atoms with Gasteiger partial charge in [0.1, 0.15) is 0 Å². The predicted octanol–water partition coefficient (Wildman–Crippen LogP) is 0.852. The lowest BCUT2D eigenvalue weighted by Crippen LogP contribution is -2.39. The Kier molecular flexibility index (Phi) is 8.63. The predicted molar refractivity (Wildman–Crippen MR) is 104 cm³/mol. The first kappa shape index (κ1) is 22.2. The van der Waals surface area contributed by atoms with E-state index in [9.17, 15) is 13.2 Å². The second-order valence-electron chi connectivity index (χ2n) is 6.29. The van der Waals surface area contributed by atoms with Crippen molar-refractivity contribution in [3.05, 3.63) is 35.4 Å². The molecule has 2 aliphatic heterocycles. The highest BCUT2D eigenvalue weighted by molar-refractivity contribution is 7.91. The quantitative estimate of drug-likeness (QED) is 0.770. The maximum absolute atomic E-state index is 12.3. The fraction of sp³-hybridized carbons (Fsp3) is 0.562. The van der Waals surface area contributed by atoms with Crippen LogP contribution in [-0.2, 0) is 16.4 Å². The maximum Gasteiger partial charge on any atom is 0.251 e. The van der Waals surface area contributed by atoms with Crippen LogP contribution in [0.15, 0.2) is 24.3 Å². The monoisotopic (exact) mass is 409 g/mol. The van der Waals surface area contributed by atoms with E-state index >= 15 is 0 Å². The van der Waals surface area contributed by atoms with E-state index in [-0.39, 0.29) is 48.3 Å². The maximum atomic E-state index is 12.3. The molecular formula is C16H25Cl2N3O3S. The molecule has 0 aliphatic carbocycles. The lowest BCUT2D eigenvalue weighted by Gasteiger charge is -2.26. The van der Waals surface area contributed by atoms with Gasteiger partial charge in [0.05, 0.1) is 11.5 Å². The molecular weight excluding hydrogens is 385 g/mol. The summed E-state index contributed by atoms with van der Waals surface area (Å²) in [4.78, 5) is 14.4. The number of sulfone groups is 1. The Balaban J connectivity index is 0.00000156. The third-order valence-corrected chi connectivity index (χ3v) is 6.04. The van der Waals surface area contributed by atoms with Crippen molar-refractivity contribution in [3.8, 4) is 0 Å². The number of benzene rings is 1. The summed E-state index contributed by atoms with van der Waals surface area (Å²) in [7, 11) is -2.85. The van der Waals surface area contributed by atoms with Gasteiger partial charge in [0, 0.05) is 37.8 Å². The number of carbonyl (C=O) groups excluding carboxylic acids is 1. The van der Waals surface area contributed by atoms with E-state index in [1.54, 1.807) is 0 Å². The molecule has 1 atom stereocenters. The summed E-state index contributed by atoms with van der Waals surface area (Å²) in [5.74, 6) is 0.408. The SMILES string of the molecule is Cl.Cl.O=C(NC1CCNC1)c1cccc(CN2CCS(=O)(=O)CC2)c1. The Morgan fingerprint density at radius 3 is 2.60 bits per heavy atom. The molecule has 2 saturated heterocycles. The van der Waals surface area contributed by atoms with E-state index in [2.05, 4.69) is 15.5 Å². The topological polar surface area (TPSA) is 78.5 Å². The van der Waals surface area contributed by atoms with E-state index in [1.807, 2.05) is 24.3 Å². The molecule has 2 aliphatic rings. The Bertz CT molecular complexity index is 665. The zero-order chi connectivity index (χ0) is 16.3. The number of hydrogen-bond donors (Lipinski definition) is 2. The fourth-order valence-electron chi connectivity index (χ4n) is 3.02. The van der Waals surface area contributed by atoms with Gasteiger partial charge in [-0.25, -0.2) is 8.42 Å². The van der Waals surface area contributed by atoms with Gasteiger partial charge in [-0.05, 0) is 30.7 Å². The summed E-state index contributed by atoms with van der Waals surface area (Å²) < 4.78 is 22.9. The second kappa shape index (κ2) is 9.73. The summed E-state index contributed by atoms with van der Waals surface area (Å²) in [6.07, 6.45) is 0.966. The van der Waals surface area contributed by atoms with Crippen LogP contribution in [0.3, 0.4) is 0 Å². The standard InChI is InChI=1S/C16H23N3O3S.2ClH/c20-16(18-15-4-5-17-11-15)14-3-1-2-13(10-14)12-19-6-8-23(21,22)9-7-19;;/h1-3,10,15,17H,4-9,11-12H2,(H,18,20);2*1H. The van der Waals surface area contributed by atoms with Gasteiger partial charge in [0.2, 0.25) is 0 Å². The van der Waals surface area contributed by atoms with Crippen LogP contribution in [0.4, 0.5) is 0 Å². The van der Waals surface area contributed by atoms with Crippen molar-refractivity contribution in [2.75, 3.05) is 37.7 Å². The number of carbonyl (C=O) groups is 1. The summed E-state index contributed by atoms with van der Waals surface area (Å²) >= 11 is 0. The molecule has 3 rings (SSSR count). The van der Waals surface area contributed by atoms with Crippen molar-refractivity contribution in [2.24, 2.45) is 0 Å². The zero-order valence-corrected chi connectivity index (χ0v) is 16.4. The molecule has 2 fully saturated rings. The van der Waals surface area contributed by atoms with Gasteiger partial charge < -0.3 is 10.6 Å². The van der Waals surface area contributed by atoms with Gasteiger partial charge in [0.25, 0.3) is 5.91 Å². The van der Waals surface area contributed by atoms with E-state index in [4.69, 9.17) is 0 Å². The first-order valence-corrected chi connectivity index (χ1v) is 9.87. The van der Waals surface area contributed by atoms with Gasteiger partial charge in [-0.1, -0.05) is 12.1 Å². The molecule has 0 saturated carbocycles. The minimum Gasteiger partial charge on any atom is -0.348 e. The lowest BCUT2D eigenvalue weighted by atomic mass is 10.1. The van der Waals surface area contributed by atoms with Crippen LogP contribution >= 0.6 is 24.8 Å². The summed E-state index contributed by atoms with van der Waals surface area (Å²) in [6, 6.07) is 7.80. The number of amides is 1. The smallest absolute Gasteiger partial charge is 0.251 e. The van der Waals surface area contributed by atoms with Crippen LogP contribution in [0, 0.1) is 0 Å². The van der Waals surface area contributed by atoms with Crippen molar-refractivity contribution in [3.63, 3.8) is 0 Å². The molecule has 25 heavy (non-hydrogen) atoms. The largest absolute Gasteiger partial charge is 0.348 e. The summed E-state index contributed by atoms with van der Waals surface area (Å²) in [5.41, 5.74) is 1.71. The molecule has 1 unspecified atom stereocenters. The number of halogens is 2. The molecule has 6 nitrogen and oxygen atoms in total. The van der Waals surface area contributed by atoms with E-state index in [0.29, 0.717) is 25.2 Å². The van der Waals surface area contributed by atoms with Crippen molar-refractivity contribution in [1.82, 2.24) is 15.5 Å². The third kappa shape index (κ3) is 6.42. The molecule has 0 spiro atoms. The van der Waals surface area contributed by atoms with Crippen LogP contribution in [0.5, 0.6) is 0 Å². The number of hydrogen-bond acceptors (Lipinski definition) is 5. The van der Waals surface area contributed by atoms with Crippen LogP contribution in [-0.4, -0.2) is 63.0 Å². The molecule has 0 bridgehead atoms.